The van der Waals surface area contributed by atoms with E-state index < -0.39 is 0 Å². The van der Waals surface area contributed by atoms with E-state index in [-0.39, 0.29) is 11.4 Å². The largest absolute Gasteiger partial charge is 0.497 e. The summed E-state index contributed by atoms with van der Waals surface area (Å²) in [6, 6.07) is 21.1. The van der Waals surface area contributed by atoms with Gasteiger partial charge in [-0.1, -0.05) is 48.2 Å². The van der Waals surface area contributed by atoms with Gasteiger partial charge in [-0.15, -0.1) is 0 Å². The molecule has 1 aromatic heterocycles. The normalized spacial score (nSPS) is 10.9. The van der Waals surface area contributed by atoms with E-state index in [0.717, 1.165) is 0 Å². The molecular weight excluding hydrogens is 375 g/mol. The Hall–Kier alpha value is -3.12. The lowest BCUT2D eigenvalue weighted by Gasteiger charge is -2.14. The van der Waals surface area contributed by atoms with Gasteiger partial charge in [-0.25, -0.2) is 9.37 Å². The Morgan fingerprint density at radius 3 is 2.64 bits per heavy atom. The maximum absolute atomic E-state index is 14.0. The van der Waals surface area contributed by atoms with Crippen LogP contribution in [0.3, 0.4) is 0 Å². The highest BCUT2D eigenvalue weighted by atomic mass is 32.2. The predicted octanol–water partition coefficient (Wildman–Crippen LogP) is 4.83. The molecule has 0 saturated carbocycles. The van der Waals surface area contributed by atoms with E-state index in [4.69, 9.17) is 4.74 Å². The van der Waals surface area contributed by atoms with Crippen LogP contribution >= 0.6 is 11.8 Å². The summed E-state index contributed by atoms with van der Waals surface area (Å²) in [5.74, 6) is 0.732. The van der Waals surface area contributed by atoms with Crippen LogP contribution in [0.5, 0.6) is 5.75 Å². The van der Waals surface area contributed by atoms with Gasteiger partial charge in [0.1, 0.15) is 11.6 Å². The third-order valence-corrected chi connectivity index (χ3v) is 5.36. The van der Waals surface area contributed by atoms with Crippen molar-refractivity contribution in [1.82, 2.24) is 9.55 Å². The van der Waals surface area contributed by atoms with Crippen molar-refractivity contribution in [2.75, 3.05) is 7.11 Å². The molecule has 4 rings (SSSR count). The fourth-order valence-electron chi connectivity index (χ4n) is 2.94. The summed E-state index contributed by atoms with van der Waals surface area (Å²) >= 11 is 1.32. The SMILES string of the molecule is COc1cccc(-n2c(SCc3ccccc3F)nc3ccccc3c2=O)c1. The Bertz CT molecular complexity index is 1210. The number of hydrogen-bond acceptors (Lipinski definition) is 4. The Morgan fingerprint density at radius 1 is 1.04 bits per heavy atom. The van der Waals surface area contributed by atoms with Crippen LogP contribution in [0.15, 0.2) is 82.7 Å². The summed E-state index contributed by atoms with van der Waals surface area (Å²) in [5.41, 5.74) is 1.66. The maximum atomic E-state index is 14.0. The quantitative estimate of drug-likeness (QED) is 0.361. The zero-order chi connectivity index (χ0) is 19.5. The first kappa shape index (κ1) is 18.3. The van der Waals surface area contributed by atoms with E-state index >= 15 is 0 Å². The number of rotatable bonds is 5. The number of aromatic nitrogens is 2. The maximum Gasteiger partial charge on any atom is 0.266 e. The fourth-order valence-corrected chi connectivity index (χ4v) is 3.94. The molecule has 0 bridgehead atoms. The number of thioether (sulfide) groups is 1. The molecule has 6 heteroatoms. The first-order valence-corrected chi connectivity index (χ1v) is 9.68. The van der Waals surface area contributed by atoms with E-state index in [0.29, 0.717) is 38.8 Å². The van der Waals surface area contributed by atoms with Gasteiger partial charge in [-0.05, 0) is 35.9 Å². The van der Waals surface area contributed by atoms with Crippen molar-refractivity contribution in [3.8, 4) is 11.4 Å². The zero-order valence-corrected chi connectivity index (χ0v) is 15.9. The zero-order valence-electron chi connectivity index (χ0n) is 15.1. The molecule has 4 aromatic rings. The van der Waals surface area contributed by atoms with Gasteiger partial charge < -0.3 is 4.74 Å². The molecule has 0 amide bonds. The minimum atomic E-state index is -0.272. The molecule has 0 atom stereocenters. The second-order valence-electron chi connectivity index (χ2n) is 6.13. The molecule has 28 heavy (non-hydrogen) atoms. The monoisotopic (exact) mass is 392 g/mol. The molecule has 0 aliphatic heterocycles. The van der Waals surface area contributed by atoms with Crippen molar-refractivity contribution >= 4 is 22.7 Å². The number of benzene rings is 3. The third-order valence-electron chi connectivity index (χ3n) is 4.37. The Kier molecular flexibility index (Phi) is 5.12. The molecule has 0 spiro atoms. The van der Waals surface area contributed by atoms with Crippen molar-refractivity contribution in [2.45, 2.75) is 10.9 Å². The van der Waals surface area contributed by atoms with E-state index in [1.54, 1.807) is 48.1 Å². The highest BCUT2D eigenvalue weighted by Crippen LogP contribution is 2.26. The Balaban J connectivity index is 1.86. The minimum Gasteiger partial charge on any atom is -0.497 e. The van der Waals surface area contributed by atoms with Crippen LogP contribution < -0.4 is 10.3 Å². The molecule has 0 N–H and O–H groups in total. The van der Waals surface area contributed by atoms with Crippen molar-refractivity contribution in [2.24, 2.45) is 0 Å². The van der Waals surface area contributed by atoms with Gasteiger partial charge in [-0.2, -0.15) is 0 Å². The highest BCUT2D eigenvalue weighted by molar-refractivity contribution is 7.98. The van der Waals surface area contributed by atoms with Crippen LogP contribution in [0.2, 0.25) is 0 Å². The van der Waals surface area contributed by atoms with Crippen LogP contribution in [-0.2, 0) is 5.75 Å². The van der Waals surface area contributed by atoms with E-state index in [1.807, 2.05) is 30.3 Å². The first-order valence-electron chi connectivity index (χ1n) is 8.70. The molecule has 0 fully saturated rings. The average Bonchev–Trinajstić information content (AvgIpc) is 2.73. The number of halogens is 1. The van der Waals surface area contributed by atoms with Crippen LogP contribution in [0.4, 0.5) is 4.39 Å². The predicted molar refractivity (Wildman–Crippen MR) is 110 cm³/mol. The van der Waals surface area contributed by atoms with Gasteiger partial charge in [0.15, 0.2) is 5.16 Å². The fraction of sp³-hybridized carbons (Fsp3) is 0.0909. The molecule has 0 saturated heterocycles. The lowest BCUT2D eigenvalue weighted by atomic mass is 10.2. The molecule has 1 heterocycles. The summed E-state index contributed by atoms with van der Waals surface area (Å²) in [4.78, 5) is 17.9. The minimum absolute atomic E-state index is 0.171. The molecule has 0 radical (unpaired) electrons. The average molecular weight is 392 g/mol. The lowest BCUT2D eigenvalue weighted by Crippen LogP contribution is -2.21. The Morgan fingerprint density at radius 2 is 1.82 bits per heavy atom. The molecular formula is C22H17FN2O2S. The smallest absolute Gasteiger partial charge is 0.266 e. The molecule has 4 nitrogen and oxygen atoms in total. The number of fused-ring (bicyclic) bond motifs is 1. The molecule has 3 aromatic carbocycles. The highest BCUT2D eigenvalue weighted by Gasteiger charge is 2.14. The number of hydrogen-bond donors (Lipinski definition) is 0. The number of ether oxygens (including phenoxy) is 1. The van der Waals surface area contributed by atoms with Crippen molar-refractivity contribution in [3.05, 3.63) is 94.5 Å². The van der Waals surface area contributed by atoms with Gasteiger partial charge in [0, 0.05) is 11.8 Å². The summed E-state index contributed by atoms with van der Waals surface area (Å²) in [7, 11) is 1.58. The summed E-state index contributed by atoms with van der Waals surface area (Å²) < 4.78 is 20.9. The number of methoxy groups -OCH3 is 1. The molecule has 0 unspecified atom stereocenters. The van der Waals surface area contributed by atoms with Crippen LogP contribution in [0.25, 0.3) is 16.6 Å². The number of para-hydroxylation sites is 1. The van der Waals surface area contributed by atoms with Crippen LogP contribution in [-0.4, -0.2) is 16.7 Å². The van der Waals surface area contributed by atoms with Crippen LogP contribution in [0.1, 0.15) is 5.56 Å². The van der Waals surface area contributed by atoms with E-state index in [2.05, 4.69) is 4.98 Å². The summed E-state index contributed by atoms with van der Waals surface area (Å²) in [6.07, 6.45) is 0. The van der Waals surface area contributed by atoms with Crippen LogP contribution in [0, 0.1) is 5.82 Å². The van der Waals surface area contributed by atoms with E-state index in [9.17, 15) is 9.18 Å². The van der Waals surface area contributed by atoms with E-state index in [1.165, 1.54) is 17.8 Å². The van der Waals surface area contributed by atoms with Gasteiger partial charge >= 0.3 is 0 Å². The van der Waals surface area contributed by atoms with Gasteiger partial charge in [0.05, 0.1) is 23.7 Å². The lowest BCUT2D eigenvalue weighted by molar-refractivity contribution is 0.414. The third kappa shape index (κ3) is 3.51. The second-order valence-corrected chi connectivity index (χ2v) is 7.08. The Labute approximate surface area is 165 Å². The molecule has 140 valence electrons. The topological polar surface area (TPSA) is 44.1 Å². The molecule has 0 aliphatic rings. The van der Waals surface area contributed by atoms with Crippen molar-refractivity contribution in [1.29, 1.82) is 0 Å². The number of nitrogens with zero attached hydrogens (tertiary/aromatic N) is 2. The standard InChI is InChI=1S/C22H17FN2O2S/c1-27-17-9-6-8-16(13-17)25-21(26)18-10-3-5-12-20(18)24-22(25)28-14-15-7-2-4-11-19(15)23/h2-13H,14H2,1H3. The summed E-state index contributed by atoms with van der Waals surface area (Å²) in [6.45, 7) is 0. The van der Waals surface area contributed by atoms with Gasteiger partial charge in [-0.3, -0.25) is 9.36 Å². The van der Waals surface area contributed by atoms with Crippen molar-refractivity contribution in [3.63, 3.8) is 0 Å². The van der Waals surface area contributed by atoms with Crippen molar-refractivity contribution < 1.29 is 9.13 Å². The van der Waals surface area contributed by atoms with Gasteiger partial charge in [0.25, 0.3) is 5.56 Å². The second kappa shape index (κ2) is 7.86. The van der Waals surface area contributed by atoms with Gasteiger partial charge in [0.2, 0.25) is 0 Å². The summed E-state index contributed by atoms with van der Waals surface area (Å²) in [5, 5.41) is 1.03. The first-order chi connectivity index (χ1) is 13.7. The molecule has 0 aliphatic carbocycles.